The molecule has 1 aromatic carbocycles. The Bertz CT molecular complexity index is 587. The summed E-state index contributed by atoms with van der Waals surface area (Å²) >= 11 is 0. The van der Waals surface area contributed by atoms with Crippen molar-refractivity contribution in [1.82, 2.24) is 4.90 Å². The fourth-order valence-corrected chi connectivity index (χ4v) is 2.96. The number of ether oxygens (including phenoxy) is 1. The van der Waals surface area contributed by atoms with Gasteiger partial charge in [0.15, 0.2) is 0 Å². The highest BCUT2D eigenvalue weighted by Crippen LogP contribution is 2.26. The highest BCUT2D eigenvalue weighted by Gasteiger charge is 2.36. The molecule has 1 aromatic rings. The molecule has 0 spiro atoms. The number of fused-ring (bicyclic) bond motifs is 1. The van der Waals surface area contributed by atoms with E-state index in [9.17, 15) is 14.7 Å². The molecule has 6 heteroatoms. The third-order valence-corrected chi connectivity index (χ3v) is 4.13. The van der Waals surface area contributed by atoms with Crippen molar-refractivity contribution in [2.75, 3.05) is 6.54 Å². The second-order valence-electron chi connectivity index (χ2n) is 5.56. The predicted molar refractivity (Wildman–Crippen MR) is 74.3 cm³/mol. The summed E-state index contributed by atoms with van der Waals surface area (Å²) < 4.78 is 5.43. The lowest BCUT2D eigenvalue weighted by atomic mass is 9.99. The number of nitrogens with two attached hydrogens (primary N) is 1. The molecule has 0 aromatic heterocycles. The maximum Gasteiger partial charge on any atom is 0.252 e. The fourth-order valence-electron chi connectivity index (χ4n) is 2.96. The Hall–Kier alpha value is -2.08. The Kier molecular flexibility index (Phi) is 3.55. The number of carbonyl (C=O) groups excluding carboxylic acids is 2. The van der Waals surface area contributed by atoms with Crippen molar-refractivity contribution in [3.8, 4) is 5.75 Å². The molecule has 3 N–H and O–H groups in total. The molecule has 3 rings (SSSR count). The summed E-state index contributed by atoms with van der Waals surface area (Å²) in [6.07, 6.45) is 0.543. The molecule has 2 amide bonds. The lowest BCUT2D eigenvalue weighted by molar-refractivity contribution is -0.146. The van der Waals surface area contributed by atoms with Crippen molar-refractivity contribution in [3.63, 3.8) is 0 Å². The van der Waals surface area contributed by atoms with E-state index in [4.69, 9.17) is 10.5 Å². The van der Waals surface area contributed by atoms with Crippen LogP contribution in [-0.4, -0.2) is 40.6 Å². The zero-order valence-electron chi connectivity index (χ0n) is 11.6. The van der Waals surface area contributed by atoms with Gasteiger partial charge in [-0.15, -0.1) is 0 Å². The van der Waals surface area contributed by atoms with Gasteiger partial charge >= 0.3 is 0 Å². The lowest BCUT2D eigenvalue weighted by Gasteiger charge is -2.30. The van der Waals surface area contributed by atoms with Crippen LogP contribution in [0.5, 0.6) is 5.75 Å². The molecule has 1 saturated heterocycles. The first-order valence-electron chi connectivity index (χ1n) is 7.09. The molecule has 2 atom stereocenters. The van der Waals surface area contributed by atoms with Gasteiger partial charge in [0.05, 0.1) is 0 Å². The van der Waals surface area contributed by atoms with Crippen LogP contribution in [0.25, 0.3) is 0 Å². The minimum absolute atomic E-state index is 0.104. The molecule has 21 heavy (non-hydrogen) atoms. The second kappa shape index (κ2) is 5.37. The number of rotatable bonds is 2. The Balaban J connectivity index is 1.69. The number of amides is 2. The summed E-state index contributed by atoms with van der Waals surface area (Å²) in [6.45, 7) is 1.08. The minimum Gasteiger partial charge on any atom is -0.508 e. The van der Waals surface area contributed by atoms with Crippen molar-refractivity contribution in [3.05, 3.63) is 29.3 Å². The van der Waals surface area contributed by atoms with Gasteiger partial charge in [0.2, 0.25) is 5.91 Å². The molecular formula is C15H18N2O4. The molecule has 0 saturated carbocycles. The second-order valence-corrected chi connectivity index (χ2v) is 5.56. The van der Waals surface area contributed by atoms with E-state index in [2.05, 4.69) is 0 Å². The molecule has 1 fully saturated rings. The largest absolute Gasteiger partial charge is 0.508 e. The maximum atomic E-state index is 12.4. The highest BCUT2D eigenvalue weighted by atomic mass is 16.5. The maximum absolute atomic E-state index is 12.4. The van der Waals surface area contributed by atoms with Gasteiger partial charge in [0.1, 0.15) is 18.0 Å². The molecule has 2 aliphatic rings. The number of phenolic OH excluding ortho intramolecular Hbond substituents is 1. The lowest BCUT2D eigenvalue weighted by Crippen LogP contribution is -2.42. The fraction of sp³-hybridized carbons (Fsp3) is 0.467. The molecule has 2 aliphatic heterocycles. The van der Waals surface area contributed by atoms with E-state index >= 15 is 0 Å². The number of carbonyl (C=O) groups is 2. The van der Waals surface area contributed by atoms with Gasteiger partial charge in [-0.3, -0.25) is 9.59 Å². The number of phenols is 1. The monoisotopic (exact) mass is 290 g/mol. The highest BCUT2D eigenvalue weighted by molar-refractivity contribution is 5.84. The predicted octanol–water partition coefficient (Wildman–Crippen LogP) is 0.310. The number of hydrogen-bond acceptors (Lipinski definition) is 4. The van der Waals surface area contributed by atoms with E-state index in [0.717, 1.165) is 17.5 Å². The van der Waals surface area contributed by atoms with Crippen LogP contribution in [0, 0.1) is 0 Å². The normalized spacial score (nSPS) is 24.7. The van der Waals surface area contributed by atoms with E-state index in [0.29, 0.717) is 25.9 Å². The molecule has 0 radical (unpaired) electrons. The minimum atomic E-state index is -0.653. The molecule has 112 valence electrons. The van der Waals surface area contributed by atoms with Crippen LogP contribution >= 0.6 is 0 Å². The van der Waals surface area contributed by atoms with Gasteiger partial charge in [-0.1, -0.05) is 6.07 Å². The average Bonchev–Trinajstić information content (AvgIpc) is 2.95. The standard InChI is InChI=1S/C15H18N2O4/c16-14(19)12-3-4-13(21-12)15(20)17-6-5-9-1-2-11(18)7-10(9)8-17/h1-2,7,12-13,18H,3-6,8H2,(H2,16,19). The van der Waals surface area contributed by atoms with Gasteiger partial charge < -0.3 is 20.5 Å². The first-order valence-corrected chi connectivity index (χ1v) is 7.09. The molecule has 0 aliphatic carbocycles. The Labute approximate surface area is 122 Å². The van der Waals surface area contributed by atoms with E-state index in [1.807, 2.05) is 6.07 Å². The van der Waals surface area contributed by atoms with Crippen molar-refractivity contribution >= 4 is 11.8 Å². The van der Waals surface area contributed by atoms with Crippen LogP contribution in [0.2, 0.25) is 0 Å². The molecule has 0 bridgehead atoms. The third kappa shape index (κ3) is 2.71. The molecule has 2 unspecified atom stereocenters. The van der Waals surface area contributed by atoms with Gasteiger partial charge in [0.25, 0.3) is 5.91 Å². The summed E-state index contributed by atoms with van der Waals surface area (Å²) in [4.78, 5) is 25.3. The van der Waals surface area contributed by atoms with Crippen molar-refractivity contribution in [1.29, 1.82) is 0 Å². The third-order valence-electron chi connectivity index (χ3n) is 4.13. The SMILES string of the molecule is NC(=O)C1CCC(C(=O)N2CCc3ccc(O)cc3C2)O1. The summed E-state index contributed by atoms with van der Waals surface area (Å²) in [6, 6.07) is 5.24. The van der Waals surface area contributed by atoms with E-state index < -0.39 is 18.1 Å². The molecular weight excluding hydrogens is 272 g/mol. The van der Waals surface area contributed by atoms with Gasteiger partial charge in [0, 0.05) is 13.1 Å². The number of hydrogen-bond donors (Lipinski definition) is 2. The van der Waals surface area contributed by atoms with E-state index in [1.54, 1.807) is 17.0 Å². The Morgan fingerprint density at radius 2 is 2.00 bits per heavy atom. The zero-order chi connectivity index (χ0) is 15.0. The van der Waals surface area contributed by atoms with Crippen LogP contribution in [0.1, 0.15) is 24.0 Å². The van der Waals surface area contributed by atoms with E-state index in [1.165, 1.54) is 0 Å². The topological polar surface area (TPSA) is 92.9 Å². The van der Waals surface area contributed by atoms with Gasteiger partial charge in [-0.25, -0.2) is 0 Å². The van der Waals surface area contributed by atoms with Gasteiger partial charge in [-0.05, 0) is 42.5 Å². The summed E-state index contributed by atoms with van der Waals surface area (Å²) in [7, 11) is 0. The van der Waals surface area contributed by atoms with Crippen LogP contribution in [0.3, 0.4) is 0 Å². The van der Waals surface area contributed by atoms with Crippen LogP contribution < -0.4 is 5.73 Å². The molecule has 6 nitrogen and oxygen atoms in total. The first-order chi connectivity index (χ1) is 10.0. The Morgan fingerprint density at radius 1 is 1.24 bits per heavy atom. The van der Waals surface area contributed by atoms with Crippen LogP contribution in [-0.2, 0) is 27.3 Å². The first kappa shape index (κ1) is 13.9. The van der Waals surface area contributed by atoms with Crippen molar-refractivity contribution in [2.45, 2.75) is 38.0 Å². The van der Waals surface area contributed by atoms with Crippen LogP contribution in [0.4, 0.5) is 0 Å². The van der Waals surface area contributed by atoms with Gasteiger partial charge in [-0.2, -0.15) is 0 Å². The smallest absolute Gasteiger partial charge is 0.252 e. The average molecular weight is 290 g/mol. The number of nitrogens with zero attached hydrogens (tertiary/aromatic N) is 1. The zero-order valence-corrected chi connectivity index (χ0v) is 11.6. The molecule has 2 heterocycles. The number of aromatic hydroxyl groups is 1. The number of primary amides is 1. The Morgan fingerprint density at radius 3 is 2.71 bits per heavy atom. The summed E-state index contributed by atoms with van der Waals surface area (Å²) in [5, 5.41) is 9.54. The van der Waals surface area contributed by atoms with Crippen molar-refractivity contribution in [2.24, 2.45) is 5.73 Å². The van der Waals surface area contributed by atoms with Crippen molar-refractivity contribution < 1.29 is 19.4 Å². The van der Waals surface area contributed by atoms with E-state index in [-0.39, 0.29) is 11.7 Å². The summed E-state index contributed by atoms with van der Waals surface area (Å²) in [5.74, 6) is -0.416. The van der Waals surface area contributed by atoms with Crippen LogP contribution in [0.15, 0.2) is 18.2 Å². The quantitative estimate of drug-likeness (QED) is 0.820. The number of benzene rings is 1. The summed E-state index contributed by atoms with van der Waals surface area (Å²) in [5.41, 5.74) is 7.31.